The molecular weight excluding hydrogens is 347 g/mol. The van der Waals surface area contributed by atoms with E-state index in [-0.39, 0.29) is 17.7 Å². The number of rotatable bonds is 1. The van der Waals surface area contributed by atoms with Gasteiger partial charge in [0, 0.05) is 0 Å². The molecule has 23 heavy (non-hydrogen) atoms. The summed E-state index contributed by atoms with van der Waals surface area (Å²) in [4.78, 5) is 22.0. The van der Waals surface area contributed by atoms with Gasteiger partial charge in [-0.15, -0.1) is 0 Å². The number of hydrogen-bond acceptors (Lipinski definition) is 9. The summed E-state index contributed by atoms with van der Waals surface area (Å²) >= 11 is 6.16. The Morgan fingerprint density at radius 3 is 3.04 bits per heavy atom. The van der Waals surface area contributed by atoms with Gasteiger partial charge in [0.15, 0.2) is 0 Å². The molecule has 124 valence electrons. The van der Waals surface area contributed by atoms with Crippen molar-refractivity contribution in [3.63, 3.8) is 0 Å². The van der Waals surface area contributed by atoms with Crippen LogP contribution >= 0.6 is 19.4 Å². The van der Waals surface area contributed by atoms with Gasteiger partial charge in [0.05, 0.1) is 0 Å². The second kappa shape index (κ2) is 5.22. The molecule has 2 aromatic heterocycles. The van der Waals surface area contributed by atoms with Crippen LogP contribution in [0.2, 0.25) is 5.28 Å². The Hall–Kier alpha value is -1.07. The van der Waals surface area contributed by atoms with Gasteiger partial charge in [-0.05, 0) is 0 Å². The van der Waals surface area contributed by atoms with Crippen molar-refractivity contribution in [2.24, 2.45) is 0 Å². The van der Waals surface area contributed by atoms with Crippen molar-refractivity contribution >= 4 is 44.0 Å². The molecule has 0 aliphatic carbocycles. The Bertz CT molecular complexity index is 777. The van der Waals surface area contributed by atoms with E-state index in [4.69, 9.17) is 31.1 Å². The number of nitrogen functional groups attached to an aromatic ring is 1. The molecule has 2 saturated heterocycles. The predicted octanol–water partition coefficient (Wildman–Crippen LogP) is -1.23. The third-order valence-electron chi connectivity index (χ3n) is 3.90. The number of anilines is 1. The third-order valence-corrected chi connectivity index (χ3v) is 5.57. The summed E-state index contributed by atoms with van der Waals surface area (Å²) in [5.74, 6) is 0.176. The number of imidazole rings is 1. The first kappa shape index (κ1) is 15.5. The Labute approximate surface area is 136 Å². The van der Waals surface area contributed by atoms with Crippen LogP contribution in [0.5, 0.6) is 0 Å². The van der Waals surface area contributed by atoms with Crippen molar-refractivity contribution in [1.82, 2.24) is 19.5 Å². The van der Waals surface area contributed by atoms with E-state index < -0.39 is 32.4 Å². The van der Waals surface area contributed by atoms with Crippen LogP contribution in [0.4, 0.5) is 5.82 Å². The zero-order chi connectivity index (χ0) is 16.4. The molecule has 0 amide bonds. The van der Waals surface area contributed by atoms with Gasteiger partial charge in [0.2, 0.25) is 0 Å². The summed E-state index contributed by atoms with van der Waals surface area (Å²) in [5, 5.41) is 10.6. The average molecular weight is 361 g/mol. The average Bonchev–Trinajstić information content (AvgIpc) is 2.97. The van der Waals surface area contributed by atoms with E-state index in [0.29, 0.717) is 11.2 Å². The summed E-state index contributed by atoms with van der Waals surface area (Å²) in [5.41, 5.74) is 6.43. The van der Waals surface area contributed by atoms with Crippen LogP contribution in [0.25, 0.3) is 11.2 Å². The van der Waals surface area contributed by atoms with Crippen molar-refractivity contribution in [2.75, 3.05) is 12.3 Å². The minimum atomic E-state index is -3.25. The zero-order valence-electron chi connectivity index (χ0n) is 12.0. The molecule has 0 aromatic carbocycles. The van der Waals surface area contributed by atoms with Gasteiger partial charge in [-0.2, -0.15) is 0 Å². The second-order valence-electron chi connectivity index (χ2n) is 5.53. The van der Waals surface area contributed by atoms with Gasteiger partial charge in [-0.3, -0.25) is 0 Å². The molecule has 2 aliphatic rings. The molecule has 0 bridgehead atoms. The molecular formula is C10H14BClN5O5P. The molecule has 0 spiro atoms. The Morgan fingerprint density at radius 2 is 2.26 bits per heavy atom. The van der Waals surface area contributed by atoms with Crippen LogP contribution in [0.1, 0.15) is 6.23 Å². The number of aliphatic hydroxyl groups is 1. The molecule has 10 nitrogen and oxygen atoms in total. The Kier molecular flexibility index (Phi) is 3.51. The van der Waals surface area contributed by atoms with E-state index in [0.717, 1.165) is 0 Å². The van der Waals surface area contributed by atoms with Crippen molar-refractivity contribution in [3.8, 4) is 0 Å². The van der Waals surface area contributed by atoms with Crippen molar-refractivity contribution in [2.45, 2.75) is 24.5 Å². The van der Waals surface area contributed by atoms with Gasteiger partial charge in [-0.1, -0.05) is 0 Å². The van der Waals surface area contributed by atoms with Crippen molar-refractivity contribution < 1.29 is 23.8 Å². The zero-order valence-corrected chi connectivity index (χ0v) is 13.7. The number of ether oxygens (including phenoxy) is 1. The fraction of sp³-hybridized carbons (Fsp3) is 0.500. The summed E-state index contributed by atoms with van der Waals surface area (Å²) in [6.45, 7) is 0.124. The number of nitrogens with zero attached hydrogens (tertiary/aromatic N) is 4. The fourth-order valence-electron chi connectivity index (χ4n) is 2.86. The summed E-state index contributed by atoms with van der Waals surface area (Å²) in [6, 6.07) is 0. The number of halogens is 1. The second-order valence-corrected chi connectivity index (χ2v) is 8.19. The topological polar surface area (TPSA) is 138 Å². The normalized spacial score (nSPS) is 34.4. The van der Waals surface area contributed by atoms with E-state index in [1.807, 2.05) is 0 Å². The minimum absolute atomic E-state index is 0.0554. The number of nitrogens with two attached hydrogens (primary N) is 1. The van der Waals surface area contributed by atoms with Gasteiger partial charge in [0.25, 0.3) is 0 Å². The van der Waals surface area contributed by atoms with Gasteiger partial charge in [-0.25, -0.2) is 0 Å². The SMILES string of the molecule is B[PH]1(O)OC[C@H]2O[C@@H](n3c(Cl)nc4c(N)ncnc43)C(O)[C@@H]2O1. The summed E-state index contributed by atoms with van der Waals surface area (Å²) in [7, 11) is -1.77. The van der Waals surface area contributed by atoms with Gasteiger partial charge >= 0.3 is 136 Å². The van der Waals surface area contributed by atoms with E-state index >= 15 is 0 Å². The molecule has 1 unspecified atom stereocenters. The molecule has 4 atom stereocenters. The van der Waals surface area contributed by atoms with Gasteiger partial charge < -0.3 is 0 Å². The quantitative estimate of drug-likeness (QED) is 0.324. The Balaban J connectivity index is 1.75. The first-order valence-electron chi connectivity index (χ1n) is 6.89. The molecule has 4 heterocycles. The molecule has 0 saturated carbocycles. The first-order valence-corrected chi connectivity index (χ1v) is 9.53. The van der Waals surface area contributed by atoms with Crippen LogP contribution in [0.3, 0.4) is 0 Å². The molecule has 2 fully saturated rings. The van der Waals surface area contributed by atoms with Crippen LogP contribution in [0.15, 0.2) is 6.33 Å². The number of aromatic nitrogens is 4. The van der Waals surface area contributed by atoms with Crippen LogP contribution in [-0.2, 0) is 13.8 Å². The van der Waals surface area contributed by atoms with Crippen molar-refractivity contribution in [3.05, 3.63) is 11.6 Å². The standard InChI is InChI=1S/C10H14BClN5O5P/c11-23(19)20-1-3-6(22-23)5(18)9(21-3)17-8-4(16-10(17)12)7(13)14-2-15-8/h2-3,5-6,9,18-19,23H,1,11H2,(H2,13,14,15)/t3-,5?,6-,9-/m1/s1. The number of fused-ring (bicyclic) bond motifs is 2. The number of aliphatic hydroxyl groups excluding tert-OH is 1. The van der Waals surface area contributed by atoms with E-state index in [1.54, 1.807) is 0 Å². The van der Waals surface area contributed by atoms with Crippen molar-refractivity contribution in [1.29, 1.82) is 0 Å². The third kappa shape index (κ3) is 2.40. The molecule has 13 heteroatoms. The van der Waals surface area contributed by atoms with E-state index in [1.165, 1.54) is 18.5 Å². The number of hydrogen-bond donors (Lipinski definition) is 3. The summed E-state index contributed by atoms with van der Waals surface area (Å²) < 4.78 is 18.0. The molecule has 2 aromatic rings. The van der Waals surface area contributed by atoms with E-state index in [2.05, 4.69) is 15.0 Å². The monoisotopic (exact) mass is 361 g/mol. The van der Waals surface area contributed by atoms with Crippen LogP contribution in [0, 0.1) is 0 Å². The van der Waals surface area contributed by atoms with E-state index in [9.17, 15) is 10.00 Å². The van der Waals surface area contributed by atoms with Crippen LogP contribution in [-0.4, -0.2) is 62.0 Å². The molecule has 4 N–H and O–H groups in total. The first-order chi connectivity index (χ1) is 10.9. The Morgan fingerprint density at radius 1 is 1.48 bits per heavy atom. The maximum absolute atomic E-state index is 10.6. The fourth-order valence-corrected chi connectivity index (χ4v) is 4.46. The molecule has 0 radical (unpaired) electrons. The summed E-state index contributed by atoms with van der Waals surface area (Å²) in [6.07, 6.45) is -1.94. The maximum atomic E-state index is 10.6. The van der Waals surface area contributed by atoms with Gasteiger partial charge in [0.1, 0.15) is 0 Å². The molecule has 4 rings (SSSR count). The van der Waals surface area contributed by atoms with Crippen LogP contribution < -0.4 is 5.73 Å². The predicted molar refractivity (Wildman–Crippen MR) is 84.6 cm³/mol. The molecule has 2 aliphatic heterocycles.